The maximum Gasteiger partial charge on any atom is 0.269 e. The van der Waals surface area contributed by atoms with E-state index in [1.54, 1.807) is 25.2 Å². The Bertz CT molecular complexity index is 1410. The lowest BCUT2D eigenvalue weighted by Gasteiger charge is -2.27. The maximum absolute atomic E-state index is 13.7. The zero-order valence-electron chi connectivity index (χ0n) is 22.9. The number of methoxy groups -OCH3 is 3. The van der Waals surface area contributed by atoms with Crippen LogP contribution in [0.15, 0.2) is 58.8 Å². The van der Waals surface area contributed by atoms with Crippen molar-refractivity contribution in [1.29, 1.82) is 0 Å². The monoisotopic (exact) mass is 591 g/mol. The van der Waals surface area contributed by atoms with Crippen LogP contribution < -0.4 is 9.47 Å². The molecule has 1 heterocycles. The van der Waals surface area contributed by atoms with Crippen LogP contribution in [0.5, 0.6) is 11.5 Å². The number of sulfonamides is 1. The van der Waals surface area contributed by atoms with E-state index in [0.29, 0.717) is 31.0 Å². The summed E-state index contributed by atoms with van der Waals surface area (Å²) in [6.45, 7) is 2.21. The van der Waals surface area contributed by atoms with Crippen molar-refractivity contribution in [2.24, 2.45) is 0 Å². The zero-order valence-corrected chi connectivity index (χ0v) is 24.5. The van der Waals surface area contributed by atoms with Gasteiger partial charge < -0.3 is 19.1 Å². The molecule has 0 radical (unpaired) electrons. The first-order valence-corrected chi connectivity index (χ1v) is 14.7. The number of benzene rings is 2. The fourth-order valence-electron chi connectivity index (χ4n) is 3.95. The average Bonchev–Trinajstić information content (AvgIpc) is 3.36. The number of hydrogen-bond donors (Lipinski definition) is 0. The molecule has 0 spiro atoms. The van der Waals surface area contributed by atoms with Gasteiger partial charge in [0.2, 0.25) is 15.9 Å². The van der Waals surface area contributed by atoms with Crippen LogP contribution >= 0.6 is 11.3 Å². The van der Waals surface area contributed by atoms with Crippen LogP contribution in [0.1, 0.15) is 16.0 Å². The number of nitrogens with zero attached hydrogens (tertiary/aromatic N) is 3. The van der Waals surface area contributed by atoms with E-state index in [0.717, 1.165) is 32.4 Å². The molecule has 0 N–H and O–H groups in total. The van der Waals surface area contributed by atoms with Gasteiger partial charge in [0.15, 0.2) is 11.5 Å². The van der Waals surface area contributed by atoms with Gasteiger partial charge >= 0.3 is 0 Å². The fourth-order valence-corrected chi connectivity index (χ4v) is 6.24. The predicted molar refractivity (Wildman–Crippen MR) is 151 cm³/mol. The molecule has 3 aromatic rings. The van der Waals surface area contributed by atoms with Crippen LogP contribution in [0.2, 0.25) is 0 Å². The third-order valence-corrected chi connectivity index (χ3v) is 9.18. The second kappa shape index (κ2) is 14.2. The van der Waals surface area contributed by atoms with E-state index < -0.39 is 21.5 Å². The molecule has 1 aromatic heterocycles. The van der Waals surface area contributed by atoms with Crippen molar-refractivity contribution in [2.45, 2.75) is 24.8 Å². The summed E-state index contributed by atoms with van der Waals surface area (Å²) < 4.78 is 43.8. The van der Waals surface area contributed by atoms with Gasteiger partial charge in [0.05, 0.1) is 43.7 Å². The molecule has 0 aliphatic heterocycles. The van der Waals surface area contributed by atoms with E-state index in [1.807, 2.05) is 30.5 Å². The summed E-state index contributed by atoms with van der Waals surface area (Å²) in [5.74, 6) is 0.792. The summed E-state index contributed by atoms with van der Waals surface area (Å²) in [6.07, 6.45) is 0.504. The Morgan fingerprint density at radius 3 is 2.27 bits per heavy atom. The number of amides is 1. The van der Waals surface area contributed by atoms with Gasteiger partial charge in [-0.15, -0.1) is 11.3 Å². The van der Waals surface area contributed by atoms with Crippen molar-refractivity contribution in [3.8, 4) is 11.5 Å². The van der Waals surface area contributed by atoms with Crippen LogP contribution in [0, 0.1) is 17.0 Å². The molecule has 0 aliphatic rings. The van der Waals surface area contributed by atoms with Crippen LogP contribution in [-0.4, -0.2) is 76.0 Å². The number of non-ortho nitro benzene ring substituents is 1. The van der Waals surface area contributed by atoms with E-state index in [9.17, 15) is 23.3 Å². The highest BCUT2D eigenvalue weighted by atomic mass is 32.2. The first-order chi connectivity index (χ1) is 19.1. The van der Waals surface area contributed by atoms with Gasteiger partial charge in [-0.25, -0.2) is 8.42 Å². The van der Waals surface area contributed by atoms with Crippen molar-refractivity contribution in [2.75, 3.05) is 47.6 Å². The largest absolute Gasteiger partial charge is 0.493 e. The molecule has 3 rings (SSSR count). The van der Waals surface area contributed by atoms with E-state index in [1.165, 1.54) is 30.6 Å². The van der Waals surface area contributed by atoms with Crippen LogP contribution in [-0.2, 0) is 32.5 Å². The summed E-state index contributed by atoms with van der Waals surface area (Å²) in [6, 6.07) is 12.1. The Morgan fingerprint density at radius 2 is 1.70 bits per heavy atom. The molecule has 0 fully saturated rings. The van der Waals surface area contributed by atoms with Gasteiger partial charge in [-0.3, -0.25) is 14.9 Å². The molecule has 11 nitrogen and oxygen atoms in total. The van der Waals surface area contributed by atoms with E-state index >= 15 is 0 Å². The van der Waals surface area contributed by atoms with Crippen LogP contribution in [0.3, 0.4) is 0 Å². The number of ether oxygens (including phenoxy) is 3. The number of carbonyl (C=O) groups excluding carboxylic acids is 1. The Labute approximate surface area is 238 Å². The summed E-state index contributed by atoms with van der Waals surface area (Å²) in [4.78, 5) is 26.6. The minimum atomic E-state index is -4.14. The third-order valence-electron chi connectivity index (χ3n) is 6.32. The third kappa shape index (κ3) is 7.78. The van der Waals surface area contributed by atoms with Gasteiger partial charge in [-0.05, 0) is 60.2 Å². The quantitative estimate of drug-likeness (QED) is 0.192. The number of aryl methyl sites for hydroxylation is 1. The Kier molecular flexibility index (Phi) is 11.0. The highest BCUT2D eigenvalue weighted by Crippen LogP contribution is 2.28. The lowest BCUT2D eigenvalue weighted by atomic mass is 10.1. The maximum atomic E-state index is 13.7. The molecule has 0 unspecified atom stereocenters. The molecular weight excluding hydrogens is 558 g/mol. The summed E-state index contributed by atoms with van der Waals surface area (Å²) in [7, 11) is 0.405. The molecule has 0 atom stereocenters. The highest BCUT2D eigenvalue weighted by Gasteiger charge is 2.29. The predicted octanol–water partition coefficient (Wildman–Crippen LogP) is 3.89. The van der Waals surface area contributed by atoms with Crippen LogP contribution in [0.4, 0.5) is 5.69 Å². The normalized spacial score (nSPS) is 11.4. The standard InChI is InChI=1S/C27H33N3O8S2/c1-20-12-16-39-26(20)18-28(13-11-21-5-10-24(37-3)25(17-21)38-4)27(31)19-29(14-15-36-2)40(34,35)23-8-6-22(7-9-23)30(32)33/h5-10,12,16-17H,11,13-15,18-19H2,1-4H3. The number of nitro groups is 1. The number of thiophene rings is 1. The minimum Gasteiger partial charge on any atom is -0.493 e. The van der Waals surface area contributed by atoms with Crippen molar-refractivity contribution in [3.63, 3.8) is 0 Å². The molecule has 0 aliphatic carbocycles. The van der Waals surface area contributed by atoms with Crippen molar-refractivity contribution >= 4 is 33.0 Å². The molecule has 0 saturated heterocycles. The molecule has 0 saturated carbocycles. The average molecular weight is 592 g/mol. The first-order valence-electron chi connectivity index (χ1n) is 12.4. The second-order valence-corrected chi connectivity index (χ2v) is 11.8. The van der Waals surface area contributed by atoms with E-state index in [4.69, 9.17) is 14.2 Å². The zero-order chi connectivity index (χ0) is 29.3. The van der Waals surface area contributed by atoms with E-state index in [-0.39, 0.29) is 29.6 Å². The molecule has 0 bridgehead atoms. The lowest BCUT2D eigenvalue weighted by molar-refractivity contribution is -0.384. The molecule has 2 aromatic carbocycles. The summed E-state index contributed by atoms with van der Waals surface area (Å²) in [5.41, 5.74) is 1.74. The Hall–Kier alpha value is -3.52. The Morgan fingerprint density at radius 1 is 1.00 bits per heavy atom. The van der Waals surface area contributed by atoms with Gasteiger partial charge in [-0.1, -0.05) is 6.07 Å². The van der Waals surface area contributed by atoms with Crippen molar-refractivity contribution in [1.82, 2.24) is 9.21 Å². The lowest BCUT2D eigenvalue weighted by Crippen LogP contribution is -2.44. The van der Waals surface area contributed by atoms with E-state index in [2.05, 4.69) is 0 Å². The van der Waals surface area contributed by atoms with Crippen molar-refractivity contribution < 1.29 is 32.3 Å². The molecule has 216 valence electrons. The summed E-state index contributed by atoms with van der Waals surface area (Å²) >= 11 is 1.53. The minimum absolute atomic E-state index is 0.0646. The van der Waals surface area contributed by atoms with Gasteiger partial charge in [0, 0.05) is 37.2 Å². The van der Waals surface area contributed by atoms with Gasteiger partial charge in [0.1, 0.15) is 0 Å². The van der Waals surface area contributed by atoms with Crippen molar-refractivity contribution in [3.05, 3.63) is 80.0 Å². The first kappa shape index (κ1) is 31.0. The second-order valence-electron chi connectivity index (χ2n) is 8.86. The fraction of sp³-hybridized carbons (Fsp3) is 0.370. The smallest absolute Gasteiger partial charge is 0.269 e. The molecule has 40 heavy (non-hydrogen) atoms. The molecular formula is C27H33N3O8S2. The number of hydrogen-bond acceptors (Lipinski definition) is 9. The molecule has 1 amide bonds. The summed E-state index contributed by atoms with van der Waals surface area (Å²) in [5, 5.41) is 13.0. The molecule has 13 heteroatoms. The van der Waals surface area contributed by atoms with Crippen LogP contribution in [0.25, 0.3) is 0 Å². The highest BCUT2D eigenvalue weighted by molar-refractivity contribution is 7.89. The topological polar surface area (TPSA) is 129 Å². The Balaban J connectivity index is 1.86. The number of nitro benzene ring substituents is 1. The van der Waals surface area contributed by atoms with Gasteiger partial charge in [-0.2, -0.15) is 4.31 Å². The number of carbonyl (C=O) groups is 1. The number of rotatable bonds is 15. The SMILES string of the molecule is COCCN(CC(=O)N(CCc1ccc(OC)c(OC)c1)Cc1sccc1C)S(=O)(=O)c1ccc([N+](=O)[O-])cc1. The van der Waals surface area contributed by atoms with Gasteiger partial charge in [0.25, 0.3) is 5.69 Å².